The highest BCUT2D eigenvalue weighted by atomic mass is 79.9. The predicted octanol–water partition coefficient (Wildman–Crippen LogP) is 7.15. The normalized spacial score (nSPS) is 13.2. The number of esters is 1. The predicted molar refractivity (Wildman–Crippen MR) is 174 cm³/mol. The number of benzene rings is 2. The third kappa shape index (κ3) is 10.8. The maximum Gasteiger partial charge on any atom is 0.316 e. The van der Waals surface area contributed by atoms with E-state index < -0.39 is 33.7 Å². The van der Waals surface area contributed by atoms with Crippen LogP contribution in [0.3, 0.4) is 0 Å². The Morgan fingerprint density at radius 3 is 2.15 bits per heavy atom. The topological polar surface area (TPSA) is 97.1 Å². The van der Waals surface area contributed by atoms with E-state index in [0.717, 1.165) is 58.6 Å². The summed E-state index contributed by atoms with van der Waals surface area (Å²) in [6.07, 6.45) is 2.81. The molecule has 0 spiro atoms. The molecule has 0 fully saturated rings. The van der Waals surface area contributed by atoms with Gasteiger partial charge in [0.1, 0.15) is 17.2 Å². The van der Waals surface area contributed by atoms with E-state index in [2.05, 4.69) is 22.0 Å². The minimum atomic E-state index is -1.16. The minimum absolute atomic E-state index is 0.0839. The quantitative estimate of drug-likeness (QED) is 0.118. The van der Waals surface area contributed by atoms with Gasteiger partial charge in [0.25, 0.3) is 0 Å². The molecule has 0 N–H and O–H groups in total. The van der Waals surface area contributed by atoms with Crippen LogP contribution >= 0.6 is 27.7 Å². The molecule has 0 aliphatic heterocycles. The summed E-state index contributed by atoms with van der Waals surface area (Å²) < 4.78 is 31.8. The molecule has 0 radical (unpaired) electrons. The molecule has 2 atom stereocenters. The molecule has 2 unspecified atom stereocenters. The van der Waals surface area contributed by atoms with E-state index >= 15 is 0 Å². The molecule has 10 heteroatoms. The van der Waals surface area contributed by atoms with Crippen LogP contribution in [0.25, 0.3) is 22.4 Å². The molecule has 0 aliphatic rings. The van der Waals surface area contributed by atoms with Gasteiger partial charge in [-0.25, -0.2) is 4.98 Å². The number of aromatic nitrogens is 1. The monoisotopic (exact) mass is 674 g/mol. The van der Waals surface area contributed by atoms with Crippen LogP contribution in [-0.2, 0) is 31.1 Å². The van der Waals surface area contributed by atoms with E-state index in [-0.39, 0.29) is 17.3 Å². The molecule has 0 aliphatic carbocycles. The Morgan fingerprint density at radius 1 is 0.976 bits per heavy atom. The van der Waals surface area contributed by atoms with Gasteiger partial charge in [-0.15, -0.1) is 0 Å². The minimum Gasteiger partial charge on any atom is -0.460 e. The highest BCUT2D eigenvalue weighted by Crippen LogP contribution is 2.34. The van der Waals surface area contributed by atoms with Gasteiger partial charge in [0.2, 0.25) is 0 Å². The highest BCUT2D eigenvalue weighted by molar-refractivity contribution is 9.10. The van der Waals surface area contributed by atoms with Crippen molar-refractivity contribution in [3.8, 4) is 28.5 Å². The number of halogens is 1. The Bertz CT molecular complexity index is 1360. The van der Waals surface area contributed by atoms with Gasteiger partial charge < -0.3 is 4.74 Å². The summed E-state index contributed by atoms with van der Waals surface area (Å²) in [5.41, 5.74) is 3.55. The lowest BCUT2D eigenvalue weighted by Gasteiger charge is -2.18. The molecule has 218 valence electrons. The molecule has 0 amide bonds. The van der Waals surface area contributed by atoms with Crippen molar-refractivity contribution in [2.24, 2.45) is 0 Å². The van der Waals surface area contributed by atoms with Crippen molar-refractivity contribution in [3.63, 3.8) is 0 Å². The summed E-state index contributed by atoms with van der Waals surface area (Å²) in [6.45, 7) is 4.06. The average Bonchev–Trinajstić information content (AvgIpc) is 2.98. The van der Waals surface area contributed by atoms with Crippen LogP contribution in [0.2, 0.25) is 0 Å². The van der Waals surface area contributed by atoms with Gasteiger partial charge in [-0.05, 0) is 36.6 Å². The third-order valence-electron chi connectivity index (χ3n) is 6.14. The first-order valence-corrected chi connectivity index (χ1v) is 18.4. The summed E-state index contributed by atoms with van der Waals surface area (Å²) >= 11 is 4.60. The zero-order valence-electron chi connectivity index (χ0n) is 23.3. The van der Waals surface area contributed by atoms with Crippen molar-refractivity contribution >= 4 is 55.3 Å². The Kier molecular flexibility index (Phi) is 14.2. The second-order valence-corrected chi connectivity index (χ2v) is 14.6. The molecule has 0 saturated heterocycles. The van der Waals surface area contributed by atoms with Gasteiger partial charge >= 0.3 is 5.97 Å². The molecule has 0 saturated carbocycles. The largest absolute Gasteiger partial charge is 0.460 e. The van der Waals surface area contributed by atoms with Gasteiger partial charge in [0, 0.05) is 48.7 Å². The number of unbranched alkanes of at least 4 members (excludes halogenated alkanes) is 2. The van der Waals surface area contributed by atoms with Crippen LogP contribution in [-0.4, -0.2) is 54.2 Å². The molecule has 0 bridgehead atoms. The molecule has 6 nitrogen and oxygen atoms in total. The summed E-state index contributed by atoms with van der Waals surface area (Å²) in [5.74, 6) is 0.809. The Morgan fingerprint density at radius 2 is 1.59 bits per heavy atom. The van der Waals surface area contributed by atoms with Crippen molar-refractivity contribution in [3.05, 3.63) is 70.7 Å². The van der Waals surface area contributed by atoms with E-state index in [1.54, 1.807) is 0 Å². The maximum absolute atomic E-state index is 13.0. The number of hydrogen-bond acceptors (Lipinski definition) is 7. The maximum atomic E-state index is 13.0. The first kappa shape index (κ1) is 33.2. The van der Waals surface area contributed by atoms with E-state index in [0.29, 0.717) is 27.8 Å². The van der Waals surface area contributed by atoms with Gasteiger partial charge in [0.05, 0.1) is 28.5 Å². The van der Waals surface area contributed by atoms with Crippen LogP contribution in [0.15, 0.2) is 70.2 Å². The molecular formula is C31H35BrN2O4S3. The fourth-order valence-electron chi connectivity index (χ4n) is 4.00. The summed E-state index contributed by atoms with van der Waals surface area (Å²) in [6, 6.07) is 21.5. The standard InChI is InChI=1S/C31H35BrN2O4S3/c1-3-5-16-40(36)21-26(22-41(37)17-6-4-2)38-30(35)20-39-31-28(19-33)27(23-10-8-7-9-11-23)18-29(34-31)24-12-14-25(32)15-13-24/h7-15,18,26H,3-6,16-17,20-22H2,1-2H3. The van der Waals surface area contributed by atoms with Gasteiger partial charge in [-0.3, -0.25) is 13.2 Å². The number of thioether (sulfide) groups is 1. The Hall–Kier alpha value is -2.32. The number of rotatable bonds is 16. The second kappa shape index (κ2) is 17.6. The number of hydrogen-bond donors (Lipinski definition) is 0. The summed E-state index contributed by atoms with van der Waals surface area (Å²) in [4.78, 5) is 17.8. The van der Waals surface area contributed by atoms with E-state index in [4.69, 9.17) is 9.72 Å². The lowest BCUT2D eigenvalue weighted by atomic mass is 9.99. The molecule has 1 aromatic heterocycles. The smallest absolute Gasteiger partial charge is 0.316 e. The lowest BCUT2D eigenvalue weighted by Crippen LogP contribution is -2.32. The number of pyridine rings is 1. The lowest BCUT2D eigenvalue weighted by molar-refractivity contribution is -0.143. The molecule has 2 aromatic carbocycles. The third-order valence-corrected chi connectivity index (χ3v) is 10.6. The van der Waals surface area contributed by atoms with Crippen molar-refractivity contribution in [1.82, 2.24) is 4.98 Å². The number of nitrogens with zero attached hydrogens (tertiary/aromatic N) is 2. The first-order valence-electron chi connectivity index (χ1n) is 13.6. The van der Waals surface area contributed by atoms with E-state index in [9.17, 15) is 18.5 Å². The average molecular weight is 676 g/mol. The van der Waals surface area contributed by atoms with E-state index in [1.807, 2.05) is 74.5 Å². The molecular weight excluding hydrogens is 640 g/mol. The van der Waals surface area contributed by atoms with Gasteiger partial charge in [0.15, 0.2) is 0 Å². The number of carbonyl (C=O) groups is 1. The summed E-state index contributed by atoms with van der Waals surface area (Å²) in [7, 11) is -2.32. The highest BCUT2D eigenvalue weighted by Gasteiger charge is 2.22. The zero-order chi connectivity index (χ0) is 29.6. The van der Waals surface area contributed by atoms with Crippen LogP contribution in [0.4, 0.5) is 0 Å². The number of nitriles is 1. The number of carbonyl (C=O) groups excluding carboxylic acids is 1. The SMILES string of the molecule is CCCCS(=O)CC(CS(=O)CCCC)OC(=O)CSc1nc(-c2ccc(Br)cc2)cc(-c2ccccc2)c1C#N. The zero-order valence-corrected chi connectivity index (χ0v) is 27.4. The fraction of sp³-hybridized carbons (Fsp3) is 0.387. The van der Waals surface area contributed by atoms with Crippen molar-refractivity contribution in [1.29, 1.82) is 5.26 Å². The molecule has 1 heterocycles. The van der Waals surface area contributed by atoms with Crippen LogP contribution in [0.1, 0.15) is 45.1 Å². The molecule has 3 aromatic rings. The van der Waals surface area contributed by atoms with Crippen LogP contribution < -0.4 is 0 Å². The summed E-state index contributed by atoms with van der Waals surface area (Å²) in [5, 5.41) is 10.5. The van der Waals surface area contributed by atoms with Crippen LogP contribution in [0.5, 0.6) is 0 Å². The fourth-order valence-corrected chi connectivity index (χ4v) is 7.96. The van der Waals surface area contributed by atoms with Crippen molar-refractivity contribution in [2.45, 2.75) is 50.7 Å². The van der Waals surface area contributed by atoms with Crippen molar-refractivity contribution in [2.75, 3.05) is 28.8 Å². The molecule has 3 rings (SSSR count). The van der Waals surface area contributed by atoms with Crippen molar-refractivity contribution < 1.29 is 17.9 Å². The Balaban J connectivity index is 1.84. The Labute approximate surface area is 260 Å². The van der Waals surface area contributed by atoms with Crippen LogP contribution in [0, 0.1) is 11.3 Å². The van der Waals surface area contributed by atoms with E-state index in [1.165, 1.54) is 0 Å². The number of ether oxygens (including phenoxy) is 1. The van der Waals surface area contributed by atoms with Gasteiger partial charge in [-0.1, -0.05) is 96.8 Å². The first-order chi connectivity index (χ1) is 19.8. The molecule has 41 heavy (non-hydrogen) atoms. The second-order valence-electron chi connectivity index (χ2n) is 9.45. The van der Waals surface area contributed by atoms with Gasteiger partial charge in [-0.2, -0.15) is 5.26 Å².